The van der Waals surface area contributed by atoms with Crippen molar-refractivity contribution in [1.29, 1.82) is 0 Å². The molecule has 4 heteroatoms. The zero-order valence-electron chi connectivity index (χ0n) is 7.51. The summed E-state index contributed by atoms with van der Waals surface area (Å²) in [5, 5.41) is 9.48. The van der Waals surface area contributed by atoms with E-state index < -0.39 is 0 Å². The van der Waals surface area contributed by atoms with E-state index in [9.17, 15) is 9.90 Å². The quantitative estimate of drug-likeness (QED) is 0.748. The van der Waals surface area contributed by atoms with Gasteiger partial charge in [-0.05, 0) is 13.3 Å². The Labute approximate surface area is 90.1 Å². The molecule has 1 aromatic rings. The lowest BCUT2D eigenvalue weighted by Gasteiger charge is -1.91. The van der Waals surface area contributed by atoms with Crippen LogP contribution in [0.15, 0.2) is 4.99 Å². The smallest absolute Gasteiger partial charge is 0.279 e. The first kappa shape index (κ1) is 13.4. The SMILES string of the molecule is C.C.CCc1[nH]c(O)c2c1C(=O)N=C2C. The Morgan fingerprint density at radius 1 is 1.33 bits per heavy atom. The minimum Gasteiger partial charge on any atom is -0.494 e. The van der Waals surface area contributed by atoms with Gasteiger partial charge in [-0.3, -0.25) is 4.79 Å². The number of nitrogens with zero attached hydrogens (tertiary/aromatic N) is 1. The molecule has 0 saturated heterocycles. The van der Waals surface area contributed by atoms with Crippen molar-refractivity contribution in [3.63, 3.8) is 0 Å². The number of carbonyl (C=O) groups excluding carboxylic acids is 1. The van der Waals surface area contributed by atoms with Crippen molar-refractivity contribution in [1.82, 2.24) is 4.98 Å². The van der Waals surface area contributed by atoms with Gasteiger partial charge in [0.15, 0.2) is 5.88 Å². The maximum atomic E-state index is 11.4. The number of H-pyrrole nitrogens is 1. The summed E-state index contributed by atoms with van der Waals surface area (Å²) in [6, 6.07) is 0. The van der Waals surface area contributed by atoms with E-state index in [1.807, 2.05) is 6.92 Å². The van der Waals surface area contributed by atoms with Crippen LogP contribution >= 0.6 is 0 Å². The summed E-state index contributed by atoms with van der Waals surface area (Å²) in [7, 11) is 0. The summed E-state index contributed by atoms with van der Waals surface area (Å²) < 4.78 is 0. The van der Waals surface area contributed by atoms with E-state index in [0.717, 1.165) is 5.69 Å². The molecule has 0 unspecified atom stereocenters. The predicted molar refractivity (Wildman–Crippen MR) is 61.8 cm³/mol. The van der Waals surface area contributed by atoms with Crippen LogP contribution in [0.4, 0.5) is 0 Å². The highest BCUT2D eigenvalue weighted by Crippen LogP contribution is 2.30. The number of carbonyl (C=O) groups is 1. The minimum absolute atomic E-state index is 0. The molecule has 0 bridgehead atoms. The number of aromatic amines is 1. The van der Waals surface area contributed by atoms with Crippen molar-refractivity contribution < 1.29 is 9.90 Å². The van der Waals surface area contributed by atoms with E-state index in [0.29, 0.717) is 23.3 Å². The minimum atomic E-state index is -0.249. The van der Waals surface area contributed by atoms with Gasteiger partial charge in [-0.1, -0.05) is 21.8 Å². The van der Waals surface area contributed by atoms with Crippen LogP contribution in [0.2, 0.25) is 0 Å². The Morgan fingerprint density at radius 2 is 1.93 bits per heavy atom. The summed E-state index contributed by atoms with van der Waals surface area (Å²) in [5.74, 6) is -0.195. The average Bonchev–Trinajstić information content (AvgIpc) is 2.54. The third-order valence-corrected chi connectivity index (χ3v) is 2.26. The normalized spacial score (nSPS) is 12.7. The van der Waals surface area contributed by atoms with Gasteiger partial charge in [0.05, 0.1) is 16.8 Å². The van der Waals surface area contributed by atoms with Crippen LogP contribution in [-0.4, -0.2) is 21.7 Å². The summed E-state index contributed by atoms with van der Waals surface area (Å²) in [6.07, 6.45) is 0.692. The molecule has 0 aliphatic carbocycles. The fourth-order valence-corrected chi connectivity index (χ4v) is 1.65. The second kappa shape index (κ2) is 4.29. The maximum Gasteiger partial charge on any atom is 0.279 e. The first-order valence-corrected chi connectivity index (χ1v) is 4.19. The third kappa shape index (κ3) is 1.67. The average molecular weight is 210 g/mol. The van der Waals surface area contributed by atoms with Gasteiger partial charge in [0, 0.05) is 5.69 Å². The Kier molecular flexibility index (Phi) is 3.84. The van der Waals surface area contributed by atoms with Crippen molar-refractivity contribution in [3.05, 3.63) is 16.8 Å². The summed E-state index contributed by atoms with van der Waals surface area (Å²) in [4.78, 5) is 17.9. The van der Waals surface area contributed by atoms with Gasteiger partial charge >= 0.3 is 0 Å². The maximum absolute atomic E-state index is 11.4. The van der Waals surface area contributed by atoms with Crippen molar-refractivity contribution >= 4 is 11.6 Å². The highest BCUT2D eigenvalue weighted by Gasteiger charge is 2.28. The molecule has 0 spiro atoms. The van der Waals surface area contributed by atoms with Gasteiger partial charge < -0.3 is 10.1 Å². The molecule has 0 fully saturated rings. The molecule has 15 heavy (non-hydrogen) atoms. The first-order valence-electron chi connectivity index (χ1n) is 4.19. The van der Waals surface area contributed by atoms with Gasteiger partial charge in [0.2, 0.25) is 0 Å². The van der Waals surface area contributed by atoms with Crippen LogP contribution in [0.1, 0.15) is 50.3 Å². The Morgan fingerprint density at radius 3 is 2.47 bits per heavy atom. The number of fused-ring (bicyclic) bond motifs is 1. The molecular weight excluding hydrogens is 192 g/mol. The second-order valence-corrected chi connectivity index (χ2v) is 3.06. The van der Waals surface area contributed by atoms with E-state index in [2.05, 4.69) is 9.98 Å². The van der Waals surface area contributed by atoms with Crippen molar-refractivity contribution in [3.8, 4) is 5.88 Å². The highest BCUT2D eigenvalue weighted by atomic mass is 16.3. The topological polar surface area (TPSA) is 65.4 Å². The molecule has 0 aromatic carbocycles. The zero-order chi connectivity index (χ0) is 9.59. The zero-order valence-corrected chi connectivity index (χ0v) is 7.51. The molecule has 4 nitrogen and oxygen atoms in total. The Balaban J connectivity index is 0.000000980. The predicted octanol–water partition coefficient (Wildman–Crippen LogP) is 2.52. The van der Waals surface area contributed by atoms with Gasteiger partial charge in [-0.25, -0.2) is 4.99 Å². The number of aromatic hydroxyl groups is 1. The van der Waals surface area contributed by atoms with Crippen LogP contribution in [0.3, 0.4) is 0 Å². The monoisotopic (exact) mass is 210 g/mol. The number of aliphatic imine (C=N–C) groups is 1. The Hall–Kier alpha value is -1.58. The molecule has 1 aliphatic heterocycles. The molecule has 2 heterocycles. The number of aryl methyl sites for hydroxylation is 1. The molecule has 0 saturated carbocycles. The molecule has 2 rings (SSSR count). The number of aromatic nitrogens is 1. The molecule has 1 aromatic heterocycles. The lowest BCUT2D eigenvalue weighted by Crippen LogP contribution is -1.94. The van der Waals surface area contributed by atoms with Gasteiger partial charge in [-0.2, -0.15) is 0 Å². The van der Waals surface area contributed by atoms with E-state index in [1.165, 1.54) is 0 Å². The number of nitrogens with one attached hydrogen (secondary N) is 1. The summed E-state index contributed by atoms with van der Waals surface area (Å²) in [5.41, 5.74) is 2.46. The van der Waals surface area contributed by atoms with Crippen LogP contribution in [0.5, 0.6) is 5.88 Å². The van der Waals surface area contributed by atoms with Crippen molar-refractivity contribution in [2.45, 2.75) is 35.1 Å². The summed E-state index contributed by atoms with van der Waals surface area (Å²) >= 11 is 0. The molecular formula is C11H18N2O2. The fraction of sp³-hybridized carbons (Fsp3) is 0.455. The second-order valence-electron chi connectivity index (χ2n) is 3.06. The van der Waals surface area contributed by atoms with Crippen LogP contribution in [0, 0.1) is 0 Å². The number of hydrogen-bond donors (Lipinski definition) is 2. The summed E-state index contributed by atoms with van der Waals surface area (Å²) in [6.45, 7) is 3.64. The molecule has 1 aliphatic rings. The Bertz CT molecular complexity index is 416. The number of amides is 1. The molecule has 0 radical (unpaired) electrons. The standard InChI is InChI=1S/C9H10N2O2.2CH4/c1-3-5-7-6(8(12)11-5)4(2)10-9(7)13;;/h11-12H,3H2,1-2H3;2*1H4. The lowest BCUT2D eigenvalue weighted by atomic mass is 10.1. The van der Waals surface area contributed by atoms with Crippen molar-refractivity contribution in [2.75, 3.05) is 0 Å². The van der Waals surface area contributed by atoms with Gasteiger partial charge in [0.25, 0.3) is 5.91 Å². The van der Waals surface area contributed by atoms with E-state index in [4.69, 9.17) is 0 Å². The van der Waals surface area contributed by atoms with Gasteiger partial charge in [-0.15, -0.1) is 0 Å². The first-order chi connectivity index (χ1) is 6.15. The lowest BCUT2D eigenvalue weighted by molar-refractivity contribution is 0.101. The van der Waals surface area contributed by atoms with Gasteiger partial charge in [0.1, 0.15) is 0 Å². The van der Waals surface area contributed by atoms with E-state index in [1.54, 1.807) is 6.92 Å². The highest BCUT2D eigenvalue weighted by molar-refractivity contribution is 6.22. The molecule has 1 amide bonds. The fourth-order valence-electron chi connectivity index (χ4n) is 1.65. The number of rotatable bonds is 1. The molecule has 0 atom stereocenters. The molecule has 84 valence electrons. The van der Waals surface area contributed by atoms with Crippen LogP contribution in [0.25, 0.3) is 0 Å². The molecule has 2 N–H and O–H groups in total. The van der Waals surface area contributed by atoms with Crippen LogP contribution < -0.4 is 0 Å². The van der Waals surface area contributed by atoms with E-state index >= 15 is 0 Å². The number of hydrogen-bond acceptors (Lipinski definition) is 2. The third-order valence-electron chi connectivity index (χ3n) is 2.26. The largest absolute Gasteiger partial charge is 0.494 e. The van der Waals surface area contributed by atoms with E-state index in [-0.39, 0.29) is 26.6 Å². The van der Waals surface area contributed by atoms with Crippen LogP contribution in [-0.2, 0) is 6.42 Å². The van der Waals surface area contributed by atoms with Crippen molar-refractivity contribution in [2.24, 2.45) is 4.99 Å².